The summed E-state index contributed by atoms with van der Waals surface area (Å²) in [6, 6.07) is 8.17. The number of fused-ring (bicyclic) bond motifs is 2. The van der Waals surface area contributed by atoms with Crippen molar-refractivity contribution in [1.82, 2.24) is 5.32 Å². The highest BCUT2D eigenvalue weighted by molar-refractivity contribution is 9.10. The van der Waals surface area contributed by atoms with Crippen LogP contribution in [0.2, 0.25) is 0 Å². The molecule has 5 heteroatoms. The highest BCUT2D eigenvalue weighted by atomic mass is 79.9. The molecule has 2 N–H and O–H groups in total. The number of hydrogen-bond acceptors (Lipinski definition) is 3. The van der Waals surface area contributed by atoms with E-state index >= 15 is 0 Å². The van der Waals surface area contributed by atoms with Crippen LogP contribution in [-0.4, -0.2) is 30.8 Å². The molecule has 2 aliphatic rings. The van der Waals surface area contributed by atoms with Gasteiger partial charge in [0.2, 0.25) is 0 Å². The summed E-state index contributed by atoms with van der Waals surface area (Å²) in [6.45, 7) is 1.56. The predicted octanol–water partition coefficient (Wildman–Crippen LogP) is 2.77. The van der Waals surface area contributed by atoms with E-state index in [0.29, 0.717) is 11.8 Å². The normalized spacial score (nSPS) is 31.9. The summed E-state index contributed by atoms with van der Waals surface area (Å²) in [6.07, 6.45) is 3.37. The zero-order chi connectivity index (χ0) is 14.9. The molecule has 0 radical (unpaired) electrons. The predicted molar refractivity (Wildman–Crippen MR) is 83.1 cm³/mol. The molecule has 0 spiro atoms. The maximum atomic E-state index is 11.0. The van der Waals surface area contributed by atoms with E-state index < -0.39 is 11.6 Å². The lowest BCUT2D eigenvalue weighted by Gasteiger charge is -2.53. The lowest BCUT2D eigenvalue weighted by molar-refractivity contribution is -0.181. The SMILES string of the molecule is O=C(O)COC1(c2ccc(Br)cc2)C2CCCC1CNC2. The van der Waals surface area contributed by atoms with Crippen LogP contribution in [0.4, 0.5) is 0 Å². The Balaban J connectivity index is 2.01. The van der Waals surface area contributed by atoms with E-state index in [2.05, 4.69) is 33.4 Å². The van der Waals surface area contributed by atoms with Crippen molar-refractivity contribution in [3.63, 3.8) is 0 Å². The summed E-state index contributed by atoms with van der Waals surface area (Å²) in [5, 5.41) is 12.5. The van der Waals surface area contributed by atoms with Crippen LogP contribution in [0.5, 0.6) is 0 Å². The fourth-order valence-corrected chi connectivity index (χ4v) is 4.26. The third kappa shape index (κ3) is 2.74. The van der Waals surface area contributed by atoms with Crippen LogP contribution >= 0.6 is 15.9 Å². The highest BCUT2D eigenvalue weighted by Gasteiger charge is 2.52. The first-order valence-corrected chi connectivity index (χ1v) is 8.24. The minimum absolute atomic E-state index is 0.233. The molecule has 2 fully saturated rings. The molecule has 1 aliphatic heterocycles. The Labute approximate surface area is 133 Å². The zero-order valence-corrected chi connectivity index (χ0v) is 13.4. The number of carbonyl (C=O) groups is 1. The van der Waals surface area contributed by atoms with Gasteiger partial charge in [-0.3, -0.25) is 0 Å². The Morgan fingerprint density at radius 2 is 1.90 bits per heavy atom. The summed E-state index contributed by atoms with van der Waals surface area (Å²) >= 11 is 3.46. The Hall–Kier alpha value is -0.910. The van der Waals surface area contributed by atoms with Gasteiger partial charge in [-0.1, -0.05) is 34.5 Å². The van der Waals surface area contributed by atoms with Gasteiger partial charge in [-0.2, -0.15) is 0 Å². The van der Waals surface area contributed by atoms with Gasteiger partial charge in [0.15, 0.2) is 0 Å². The average Bonchev–Trinajstić information content (AvgIpc) is 2.45. The summed E-state index contributed by atoms with van der Waals surface area (Å²) in [4.78, 5) is 11.0. The zero-order valence-electron chi connectivity index (χ0n) is 11.8. The van der Waals surface area contributed by atoms with Gasteiger partial charge in [-0.15, -0.1) is 0 Å². The molecule has 1 saturated heterocycles. The molecule has 0 aromatic heterocycles. The lowest BCUT2D eigenvalue weighted by atomic mass is 9.63. The van der Waals surface area contributed by atoms with Crippen LogP contribution in [0.15, 0.2) is 28.7 Å². The van der Waals surface area contributed by atoms with Gasteiger partial charge < -0.3 is 15.2 Å². The van der Waals surface area contributed by atoms with E-state index in [4.69, 9.17) is 9.84 Å². The van der Waals surface area contributed by atoms with Gasteiger partial charge in [-0.05, 0) is 30.5 Å². The van der Waals surface area contributed by atoms with E-state index in [1.165, 1.54) is 6.42 Å². The number of carboxylic acid groups (broad SMARTS) is 1. The second-order valence-electron chi connectivity index (χ2n) is 5.97. The van der Waals surface area contributed by atoms with Gasteiger partial charge in [-0.25, -0.2) is 4.79 Å². The molecule has 1 aromatic carbocycles. The van der Waals surface area contributed by atoms with Crippen molar-refractivity contribution >= 4 is 21.9 Å². The number of carboxylic acids is 1. The second kappa shape index (κ2) is 6.07. The third-order valence-corrected chi connectivity index (χ3v) is 5.36. The monoisotopic (exact) mass is 353 g/mol. The molecule has 2 atom stereocenters. The molecule has 21 heavy (non-hydrogen) atoms. The molecule has 1 heterocycles. The van der Waals surface area contributed by atoms with Crippen LogP contribution in [0, 0.1) is 11.8 Å². The van der Waals surface area contributed by atoms with E-state index in [1.807, 2.05) is 12.1 Å². The summed E-state index contributed by atoms with van der Waals surface area (Å²) in [5.74, 6) is -0.223. The van der Waals surface area contributed by atoms with Crippen LogP contribution < -0.4 is 5.32 Å². The Kier molecular flexibility index (Phi) is 4.33. The third-order valence-electron chi connectivity index (χ3n) is 4.83. The van der Waals surface area contributed by atoms with Crippen LogP contribution in [0.3, 0.4) is 0 Å². The maximum absolute atomic E-state index is 11.0. The summed E-state index contributed by atoms with van der Waals surface area (Å²) in [7, 11) is 0. The Bertz CT molecular complexity index is 495. The standard InChI is InChI=1S/C16H20BrNO3/c17-14-6-4-11(5-7-14)16(21-10-15(19)20)12-2-1-3-13(16)9-18-8-12/h4-7,12-13,18H,1-3,8-10H2,(H,19,20). The number of aliphatic carboxylic acids is 1. The highest BCUT2D eigenvalue weighted by Crippen LogP contribution is 2.50. The minimum Gasteiger partial charge on any atom is -0.480 e. The maximum Gasteiger partial charge on any atom is 0.329 e. The number of rotatable bonds is 4. The van der Waals surface area contributed by atoms with Crippen molar-refractivity contribution in [2.24, 2.45) is 11.8 Å². The van der Waals surface area contributed by atoms with Crippen LogP contribution in [-0.2, 0) is 15.1 Å². The molecule has 1 aliphatic carbocycles. The van der Waals surface area contributed by atoms with Crippen molar-refractivity contribution in [1.29, 1.82) is 0 Å². The van der Waals surface area contributed by atoms with E-state index in [9.17, 15) is 4.79 Å². The summed E-state index contributed by atoms with van der Waals surface area (Å²) < 4.78 is 7.10. The van der Waals surface area contributed by atoms with Gasteiger partial charge in [0.25, 0.3) is 0 Å². The second-order valence-corrected chi connectivity index (χ2v) is 6.88. The largest absolute Gasteiger partial charge is 0.480 e. The Morgan fingerprint density at radius 1 is 1.29 bits per heavy atom. The van der Waals surface area contributed by atoms with E-state index in [0.717, 1.165) is 36.0 Å². The number of benzene rings is 1. The molecule has 2 unspecified atom stereocenters. The molecule has 3 rings (SSSR count). The van der Waals surface area contributed by atoms with E-state index in [-0.39, 0.29) is 6.61 Å². The molecular formula is C16H20BrNO3. The van der Waals surface area contributed by atoms with Gasteiger partial charge in [0, 0.05) is 29.4 Å². The molecular weight excluding hydrogens is 334 g/mol. The first kappa shape index (κ1) is 15.0. The van der Waals surface area contributed by atoms with Crippen LogP contribution in [0.1, 0.15) is 24.8 Å². The van der Waals surface area contributed by atoms with Gasteiger partial charge in [0.05, 0.1) is 0 Å². The molecule has 1 aromatic rings. The number of ether oxygens (including phenoxy) is 1. The van der Waals surface area contributed by atoms with Crippen molar-refractivity contribution in [2.75, 3.05) is 19.7 Å². The fraction of sp³-hybridized carbons (Fsp3) is 0.562. The van der Waals surface area contributed by atoms with Crippen molar-refractivity contribution < 1.29 is 14.6 Å². The quantitative estimate of drug-likeness (QED) is 0.873. The Morgan fingerprint density at radius 3 is 2.48 bits per heavy atom. The van der Waals surface area contributed by atoms with Gasteiger partial charge in [0.1, 0.15) is 12.2 Å². The van der Waals surface area contributed by atoms with Crippen LogP contribution in [0.25, 0.3) is 0 Å². The fourth-order valence-electron chi connectivity index (χ4n) is 3.99. The van der Waals surface area contributed by atoms with E-state index in [1.54, 1.807) is 0 Å². The van der Waals surface area contributed by atoms with Crippen molar-refractivity contribution in [3.8, 4) is 0 Å². The van der Waals surface area contributed by atoms with Crippen molar-refractivity contribution in [3.05, 3.63) is 34.3 Å². The molecule has 0 amide bonds. The molecule has 114 valence electrons. The number of nitrogens with one attached hydrogen (secondary N) is 1. The number of hydrogen-bond donors (Lipinski definition) is 2. The lowest BCUT2D eigenvalue weighted by Crippen LogP contribution is -2.58. The smallest absolute Gasteiger partial charge is 0.329 e. The molecule has 2 bridgehead atoms. The number of halogens is 1. The first-order valence-electron chi connectivity index (χ1n) is 7.45. The van der Waals surface area contributed by atoms with Crippen molar-refractivity contribution in [2.45, 2.75) is 24.9 Å². The molecule has 1 saturated carbocycles. The topological polar surface area (TPSA) is 58.6 Å². The minimum atomic E-state index is -0.900. The van der Waals surface area contributed by atoms with Gasteiger partial charge >= 0.3 is 5.97 Å². The molecule has 4 nitrogen and oxygen atoms in total. The average molecular weight is 354 g/mol. The summed E-state index contributed by atoms with van der Waals surface area (Å²) in [5.41, 5.74) is 0.658. The number of piperidine rings is 1. The first-order chi connectivity index (χ1) is 10.1.